The van der Waals surface area contributed by atoms with E-state index in [-0.39, 0.29) is 17.9 Å². The minimum absolute atomic E-state index is 0.0992. The summed E-state index contributed by atoms with van der Waals surface area (Å²) in [5, 5.41) is 10.1. The Morgan fingerprint density at radius 3 is 2.36 bits per heavy atom. The lowest BCUT2D eigenvalue weighted by Crippen LogP contribution is -2.38. The van der Waals surface area contributed by atoms with Gasteiger partial charge in [-0.2, -0.15) is 0 Å². The van der Waals surface area contributed by atoms with E-state index < -0.39 is 24.0 Å². The number of ketones is 1. The molecule has 1 aliphatic heterocycles. The number of hydrogen-bond acceptors (Lipinski definition) is 5. The number of hydrogen-bond donors (Lipinski definition) is 1. The predicted molar refractivity (Wildman–Crippen MR) is 79.0 cm³/mol. The molecule has 1 atom stereocenters. The topological polar surface area (TPSA) is 76.1 Å². The molecule has 1 aromatic rings. The highest BCUT2D eigenvalue weighted by Gasteiger charge is 2.43. The van der Waals surface area contributed by atoms with Gasteiger partial charge in [0, 0.05) is 14.2 Å². The molecule has 0 bridgehead atoms. The number of benzene rings is 1. The van der Waals surface area contributed by atoms with E-state index in [1.165, 1.54) is 26.0 Å². The van der Waals surface area contributed by atoms with Gasteiger partial charge in [-0.05, 0) is 12.5 Å². The second kappa shape index (κ2) is 6.72. The van der Waals surface area contributed by atoms with E-state index in [1.54, 1.807) is 12.1 Å². The molecule has 0 spiro atoms. The van der Waals surface area contributed by atoms with E-state index in [2.05, 4.69) is 0 Å². The number of carbonyl (C=O) groups excluding carboxylic acids is 2. The van der Waals surface area contributed by atoms with Gasteiger partial charge in [0.2, 0.25) is 0 Å². The second-order valence-electron chi connectivity index (χ2n) is 4.99. The highest BCUT2D eigenvalue weighted by Crippen LogP contribution is 2.37. The van der Waals surface area contributed by atoms with Crippen molar-refractivity contribution in [2.45, 2.75) is 19.3 Å². The van der Waals surface area contributed by atoms with Gasteiger partial charge in [-0.3, -0.25) is 9.59 Å². The van der Waals surface area contributed by atoms with Crippen molar-refractivity contribution in [3.8, 4) is 0 Å². The molecule has 1 N–H and O–H groups in total. The molecular weight excluding hydrogens is 286 g/mol. The van der Waals surface area contributed by atoms with Crippen LogP contribution in [0.2, 0.25) is 0 Å². The fourth-order valence-electron chi connectivity index (χ4n) is 2.59. The summed E-state index contributed by atoms with van der Waals surface area (Å²) >= 11 is 0. The highest BCUT2D eigenvalue weighted by atomic mass is 16.7. The number of rotatable bonds is 6. The van der Waals surface area contributed by atoms with Crippen molar-refractivity contribution in [3.63, 3.8) is 0 Å². The standard InChI is InChI=1S/C16H19NO5/c1-10(18)13-14(11-7-5-4-6-8-11)17(16(20)15(13)19)9-12(21-2)22-3/h4-8,12,14,19H,9H2,1-3H3/t14-/m1/s1. The van der Waals surface area contributed by atoms with Crippen LogP contribution < -0.4 is 0 Å². The third-order valence-electron chi connectivity index (χ3n) is 3.67. The average Bonchev–Trinajstić information content (AvgIpc) is 2.77. The van der Waals surface area contributed by atoms with Gasteiger partial charge in [0.05, 0.1) is 18.2 Å². The van der Waals surface area contributed by atoms with Gasteiger partial charge in [-0.1, -0.05) is 30.3 Å². The molecule has 2 rings (SSSR count). The van der Waals surface area contributed by atoms with Crippen LogP contribution in [0.15, 0.2) is 41.7 Å². The number of carbonyl (C=O) groups is 2. The quantitative estimate of drug-likeness (QED) is 0.808. The van der Waals surface area contributed by atoms with Crippen LogP contribution in [0.5, 0.6) is 0 Å². The van der Waals surface area contributed by atoms with Gasteiger partial charge < -0.3 is 19.5 Å². The average molecular weight is 305 g/mol. The summed E-state index contributed by atoms with van der Waals surface area (Å²) in [6, 6.07) is 8.44. The fraction of sp³-hybridized carbons (Fsp3) is 0.375. The lowest BCUT2D eigenvalue weighted by molar-refractivity contribution is -0.144. The zero-order valence-corrected chi connectivity index (χ0v) is 12.8. The van der Waals surface area contributed by atoms with Crippen LogP contribution in [0.1, 0.15) is 18.5 Å². The highest BCUT2D eigenvalue weighted by molar-refractivity contribution is 6.08. The number of Topliss-reactive ketones (excluding diaryl/α,β-unsaturated/α-hetero) is 1. The van der Waals surface area contributed by atoms with Crippen molar-refractivity contribution in [2.75, 3.05) is 20.8 Å². The van der Waals surface area contributed by atoms with Gasteiger partial charge in [0.25, 0.3) is 5.91 Å². The molecule has 0 unspecified atom stereocenters. The zero-order chi connectivity index (χ0) is 16.3. The van der Waals surface area contributed by atoms with Crippen molar-refractivity contribution in [3.05, 3.63) is 47.2 Å². The molecule has 22 heavy (non-hydrogen) atoms. The number of nitrogens with zero attached hydrogens (tertiary/aromatic N) is 1. The molecule has 0 fully saturated rings. The minimum Gasteiger partial charge on any atom is -0.503 e. The Morgan fingerprint density at radius 1 is 1.27 bits per heavy atom. The molecule has 6 nitrogen and oxygen atoms in total. The summed E-state index contributed by atoms with van der Waals surface area (Å²) in [5.74, 6) is -1.45. The van der Waals surface area contributed by atoms with Crippen molar-refractivity contribution in [1.82, 2.24) is 4.90 Å². The predicted octanol–water partition coefficient (Wildman–Crippen LogP) is 1.59. The number of aliphatic hydroxyl groups is 1. The first kappa shape index (κ1) is 16.2. The third-order valence-corrected chi connectivity index (χ3v) is 3.67. The van der Waals surface area contributed by atoms with Crippen molar-refractivity contribution >= 4 is 11.7 Å². The lowest BCUT2D eigenvalue weighted by atomic mass is 9.97. The van der Waals surface area contributed by atoms with Crippen LogP contribution in [0.3, 0.4) is 0 Å². The van der Waals surface area contributed by atoms with Crippen molar-refractivity contribution in [2.24, 2.45) is 0 Å². The smallest absolute Gasteiger partial charge is 0.290 e. The maximum absolute atomic E-state index is 12.3. The molecule has 0 aliphatic carbocycles. The molecule has 1 amide bonds. The SMILES string of the molecule is COC(CN1C(=O)C(O)=C(C(C)=O)[C@H]1c1ccccc1)OC. The fourth-order valence-corrected chi connectivity index (χ4v) is 2.59. The molecule has 6 heteroatoms. The number of amides is 1. The molecule has 1 aromatic carbocycles. The summed E-state index contributed by atoms with van der Waals surface area (Å²) in [6.07, 6.45) is -0.644. The molecule has 0 saturated heterocycles. The Bertz CT molecular complexity index is 592. The van der Waals surface area contributed by atoms with Crippen LogP contribution in [0.25, 0.3) is 0 Å². The molecule has 1 heterocycles. The summed E-state index contributed by atoms with van der Waals surface area (Å²) in [7, 11) is 2.93. The Kier molecular flexibility index (Phi) is 4.95. The van der Waals surface area contributed by atoms with Gasteiger partial charge in [0.1, 0.15) is 0 Å². The van der Waals surface area contributed by atoms with Crippen molar-refractivity contribution < 1.29 is 24.2 Å². The number of methoxy groups -OCH3 is 2. The Hall–Kier alpha value is -2.18. The normalized spacial score (nSPS) is 18.5. The Morgan fingerprint density at radius 2 is 1.86 bits per heavy atom. The maximum atomic E-state index is 12.3. The minimum atomic E-state index is -0.644. The Labute approximate surface area is 128 Å². The van der Waals surface area contributed by atoms with E-state index in [1.807, 2.05) is 18.2 Å². The molecule has 0 saturated carbocycles. The van der Waals surface area contributed by atoms with Crippen molar-refractivity contribution in [1.29, 1.82) is 0 Å². The van der Waals surface area contributed by atoms with E-state index in [0.29, 0.717) is 0 Å². The van der Waals surface area contributed by atoms with E-state index >= 15 is 0 Å². The second-order valence-corrected chi connectivity index (χ2v) is 4.99. The van der Waals surface area contributed by atoms with Crippen LogP contribution >= 0.6 is 0 Å². The van der Waals surface area contributed by atoms with Gasteiger partial charge in [0.15, 0.2) is 17.8 Å². The van der Waals surface area contributed by atoms with Crippen LogP contribution in [-0.4, -0.2) is 48.8 Å². The molecule has 1 aliphatic rings. The summed E-state index contributed by atoms with van der Waals surface area (Å²) < 4.78 is 10.2. The van der Waals surface area contributed by atoms with Crippen LogP contribution in [-0.2, 0) is 19.1 Å². The van der Waals surface area contributed by atoms with Crippen LogP contribution in [0.4, 0.5) is 0 Å². The van der Waals surface area contributed by atoms with Crippen LogP contribution in [0, 0.1) is 0 Å². The molecular formula is C16H19NO5. The van der Waals surface area contributed by atoms with E-state index in [0.717, 1.165) is 5.56 Å². The van der Waals surface area contributed by atoms with E-state index in [9.17, 15) is 14.7 Å². The lowest BCUT2D eigenvalue weighted by Gasteiger charge is -2.29. The number of ether oxygens (including phenoxy) is 2. The van der Waals surface area contributed by atoms with Gasteiger partial charge >= 0.3 is 0 Å². The van der Waals surface area contributed by atoms with Gasteiger partial charge in [-0.15, -0.1) is 0 Å². The first-order valence-corrected chi connectivity index (χ1v) is 6.86. The maximum Gasteiger partial charge on any atom is 0.290 e. The summed E-state index contributed by atoms with van der Waals surface area (Å²) in [4.78, 5) is 25.6. The third kappa shape index (κ3) is 2.88. The zero-order valence-electron chi connectivity index (χ0n) is 12.8. The largest absolute Gasteiger partial charge is 0.503 e. The van der Waals surface area contributed by atoms with E-state index in [4.69, 9.17) is 9.47 Å². The summed E-state index contributed by atoms with van der Waals surface area (Å²) in [6.45, 7) is 1.44. The first-order chi connectivity index (χ1) is 10.5. The molecule has 0 radical (unpaired) electrons. The summed E-state index contributed by atoms with van der Waals surface area (Å²) in [5.41, 5.74) is 0.846. The molecule has 118 valence electrons. The first-order valence-electron chi connectivity index (χ1n) is 6.86. The van der Waals surface area contributed by atoms with Gasteiger partial charge in [-0.25, -0.2) is 0 Å². The Balaban J connectivity index is 2.44. The molecule has 0 aromatic heterocycles. The number of aliphatic hydroxyl groups excluding tert-OH is 1. The monoisotopic (exact) mass is 305 g/mol.